The molecule has 1 atom stereocenters. The quantitative estimate of drug-likeness (QED) is 0.258. The second-order valence-corrected chi connectivity index (χ2v) is 2.45. The first-order valence-corrected chi connectivity index (χ1v) is 3.81. The summed E-state index contributed by atoms with van der Waals surface area (Å²) in [6.07, 6.45) is 0.583. The van der Waals surface area contributed by atoms with Crippen LogP contribution in [-0.4, -0.2) is 38.9 Å². The molecule has 0 spiro atoms. The third-order valence-electron chi connectivity index (χ3n) is 1.42. The van der Waals surface area contributed by atoms with Crippen molar-refractivity contribution in [3.63, 3.8) is 0 Å². The van der Waals surface area contributed by atoms with Gasteiger partial charge in [-0.15, -0.1) is 0 Å². The highest BCUT2D eigenvalue weighted by Gasteiger charge is 2.17. The zero-order chi connectivity index (χ0) is 7.23. The van der Waals surface area contributed by atoms with Crippen molar-refractivity contribution in [1.29, 1.82) is 0 Å². The maximum absolute atomic E-state index is 5.29. The van der Waals surface area contributed by atoms with E-state index in [1.54, 1.807) is 0 Å². The number of rotatable bonds is 6. The summed E-state index contributed by atoms with van der Waals surface area (Å²) >= 11 is 0. The van der Waals surface area contributed by atoms with Crippen LogP contribution in [0.3, 0.4) is 0 Å². The Morgan fingerprint density at radius 3 is 2.80 bits per heavy atom. The molecule has 0 saturated carbocycles. The summed E-state index contributed by atoms with van der Waals surface area (Å²) in [6.45, 7) is 4.80. The minimum atomic E-state index is 0.583. The lowest BCUT2D eigenvalue weighted by Gasteiger charge is -2.02. The molecule has 4 heteroatoms. The first kappa shape index (κ1) is 7.94. The van der Waals surface area contributed by atoms with E-state index in [0.29, 0.717) is 6.17 Å². The van der Waals surface area contributed by atoms with Crippen LogP contribution in [0.1, 0.15) is 0 Å². The van der Waals surface area contributed by atoms with Crippen molar-refractivity contribution in [1.82, 2.24) is 16.0 Å². The topological polar surface area (TPSA) is 72.0 Å². The minimum Gasteiger partial charge on any atom is -0.329 e. The van der Waals surface area contributed by atoms with Crippen molar-refractivity contribution in [2.45, 2.75) is 6.17 Å². The van der Waals surface area contributed by atoms with Gasteiger partial charge in [-0.25, -0.2) is 0 Å². The molecule has 0 aromatic carbocycles. The highest BCUT2D eigenvalue weighted by atomic mass is 15.3. The molecule has 1 saturated heterocycles. The Morgan fingerprint density at radius 1 is 1.40 bits per heavy atom. The summed E-state index contributed by atoms with van der Waals surface area (Å²) < 4.78 is 0. The van der Waals surface area contributed by atoms with Crippen LogP contribution in [0.4, 0.5) is 0 Å². The Hall–Kier alpha value is -0.160. The van der Waals surface area contributed by atoms with Gasteiger partial charge in [0.1, 0.15) is 0 Å². The molecule has 0 aromatic heterocycles. The summed E-state index contributed by atoms with van der Waals surface area (Å²) in [5, 5.41) is 9.67. The van der Waals surface area contributed by atoms with Crippen molar-refractivity contribution in [2.75, 3.05) is 32.7 Å². The molecule has 5 N–H and O–H groups in total. The second kappa shape index (κ2) is 4.62. The molecule has 1 heterocycles. The molecule has 0 bridgehead atoms. The molecule has 10 heavy (non-hydrogen) atoms. The van der Waals surface area contributed by atoms with Crippen LogP contribution < -0.4 is 21.7 Å². The average molecular weight is 144 g/mol. The summed E-state index contributed by atoms with van der Waals surface area (Å²) in [6, 6.07) is 0. The van der Waals surface area contributed by atoms with Gasteiger partial charge in [-0.2, -0.15) is 0 Å². The van der Waals surface area contributed by atoms with Gasteiger partial charge in [-0.05, 0) is 0 Å². The molecule has 1 fully saturated rings. The molecule has 1 unspecified atom stereocenters. The molecule has 0 amide bonds. The Labute approximate surface area is 61.5 Å². The van der Waals surface area contributed by atoms with Crippen LogP contribution in [0.2, 0.25) is 0 Å². The van der Waals surface area contributed by atoms with Crippen molar-refractivity contribution >= 4 is 0 Å². The average Bonchev–Trinajstić information content (AvgIpc) is 2.71. The first-order valence-electron chi connectivity index (χ1n) is 3.81. The van der Waals surface area contributed by atoms with Gasteiger partial charge < -0.3 is 11.1 Å². The number of hydrogen-bond acceptors (Lipinski definition) is 4. The van der Waals surface area contributed by atoms with Gasteiger partial charge in [0, 0.05) is 32.7 Å². The van der Waals surface area contributed by atoms with Crippen molar-refractivity contribution < 1.29 is 0 Å². The lowest BCUT2D eigenvalue weighted by Crippen LogP contribution is -2.32. The molecular weight excluding hydrogens is 128 g/mol. The first-order chi connectivity index (χ1) is 4.93. The van der Waals surface area contributed by atoms with Gasteiger partial charge in [0.15, 0.2) is 0 Å². The maximum atomic E-state index is 5.29. The molecule has 1 aliphatic rings. The van der Waals surface area contributed by atoms with Gasteiger partial charge in [0.2, 0.25) is 0 Å². The molecule has 60 valence electrons. The van der Waals surface area contributed by atoms with E-state index < -0.39 is 0 Å². The van der Waals surface area contributed by atoms with E-state index >= 15 is 0 Å². The SMILES string of the molecule is NCCNCCNC1CN1. The minimum absolute atomic E-state index is 0.583. The zero-order valence-electron chi connectivity index (χ0n) is 6.19. The lowest BCUT2D eigenvalue weighted by atomic mass is 10.5. The normalized spacial score (nSPS) is 23.1. The van der Waals surface area contributed by atoms with E-state index in [1.807, 2.05) is 0 Å². The van der Waals surface area contributed by atoms with E-state index in [0.717, 1.165) is 32.7 Å². The van der Waals surface area contributed by atoms with Gasteiger partial charge >= 0.3 is 0 Å². The predicted octanol–water partition coefficient (Wildman–Crippen LogP) is -1.95. The molecule has 1 rings (SSSR count). The Morgan fingerprint density at radius 2 is 2.20 bits per heavy atom. The fourth-order valence-corrected chi connectivity index (χ4v) is 0.765. The van der Waals surface area contributed by atoms with Gasteiger partial charge in [-0.1, -0.05) is 0 Å². The second-order valence-electron chi connectivity index (χ2n) is 2.45. The van der Waals surface area contributed by atoms with E-state index in [1.165, 1.54) is 0 Å². The van der Waals surface area contributed by atoms with E-state index in [2.05, 4.69) is 16.0 Å². The monoisotopic (exact) mass is 144 g/mol. The van der Waals surface area contributed by atoms with Crippen LogP contribution in [-0.2, 0) is 0 Å². The van der Waals surface area contributed by atoms with E-state index in [9.17, 15) is 0 Å². The van der Waals surface area contributed by atoms with Crippen LogP contribution >= 0.6 is 0 Å². The fraction of sp³-hybridized carbons (Fsp3) is 1.00. The Kier molecular flexibility index (Phi) is 3.67. The van der Waals surface area contributed by atoms with Crippen LogP contribution in [0.5, 0.6) is 0 Å². The Balaban J connectivity index is 1.68. The molecule has 4 nitrogen and oxygen atoms in total. The lowest BCUT2D eigenvalue weighted by molar-refractivity contribution is 0.608. The standard InChI is InChI=1S/C6H16N4/c7-1-2-8-3-4-9-6-5-10-6/h6,8-10H,1-5,7H2. The maximum Gasteiger partial charge on any atom is 0.0702 e. The largest absolute Gasteiger partial charge is 0.329 e. The van der Waals surface area contributed by atoms with E-state index in [-0.39, 0.29) is 0 Å². The van der Waals surface area contributed by atoms with Crippen LogP contribution in [0.15, 0.2) is 0 Å². The summed E-state index contributed by atoms with van der Waals surface area (Å²) in [4.78, 5) is 0. The van der Waals surface area contributed by atoms with Crippen LogP contribution in [0.25, 0.3) is 0 Å². The third kappa shape index (κ3) is 3.79. The number of nitrogens with two attached hydrogens (primary N) is 1. The number of hydrogen-bond donors (Lipinski definition) is 4. The summed E-state index contributed by atoms with van der Waals surface area (Å²) in [5.41, 5.74) is 5.29. The van der Waals surface area contributed by atoms with E-state index in [4.69, 9.17) is 5.73 Å². The summed E-state index contributed by atoms with van der Waals surface area (Å²) in [7, 11) is 0. The highest BCUT2D eigenvalue weighted by Crippen LogP contribution is 1.87. The van der Waals surface area contributed by atoms with Crippen molar-refractivity contribution in [3.8, 4) is 0 Å². The molecular formula is C6H16N4. The predicted molar refractivity (Wildman–Crippen MR) is 41.7 cm³/mol. The fourth-order valence-electron chi connectivity index (χ4n) is 0.765. The molecule has 1 aliphatic heterocycles. The third-order valence-corrected chi connectivity index (χ3v) is 1.42. The van der Waals surface area contributed by atoms with Gasteiger partial charge in [-0.3, -0.25) is 10.6 Å². The molecule has 0 aliphatic carbocycles. The van der Waals surface area contributed by atoms with Crippen molar-refractivity contribution in [3.05, 3.63) is 0 Å². The molecule has 0 radical (unpaired) electrons. The zero-order valence-corrected chi connectivity index (χ0v) is 6.19. The molecule has 0 aromatic rings. The Bertz CT molecular complexity index is 81.8. The van der Waals surface area contributed by atoms with Crippen LogP contribution in [0, 0.1) is 0 Å². The van der Waals surface area contributed by atoms with Crippen molar-refractivity contribution in [2.24, 2.45) is 5.73 Å². The highest BCUT2D eigenvalue weighted by molar-refractivity contribution is 4.80. The number of nitrogens with one attached hydrogen (secondary N) is 3. The van der Waals surface area contributed by atoms with Gasteiger partial charge in [0.25, 0.3) is 0 Å². The smallest absolute Gasteiger partial charge is 0.0702 e. The van der Waals surface area contributed by atoms with Gasteiger partial charge in [0.05, 0.1) is 6.17 Å². The summed E-state index contributed by atoms with van der Waals surface area (Å²) in [5.74, 6) is 0.